The Morgan fingerprint density at radius 3 is 2.69 bits per heavy atom. The van der Waals surface area contributed by atoms with Gasteiger partial charge in [0.05, 0.1) is 6.61 Å². The maximum absolute atomic E-state index is 9.77. The molecule has 1 aliphatic heterocycles. The van der Waals surface area contributed by atoms with Crippen molar-refractivity contribution in [1.82, 2.24) is 0 Å². The Labute approximate surface area is 74.4 Å². The van der Waals surface area contributed by atoms with Crippen molar-refractivity contribution < 1.29 is 9.92 Å². The minimum atomic E-state index is -0.931. The third kappa shape index (κ3) is 3.16. The molecule has 0 amide bonds. The molecule has 1 rings (SSSR count). The molecule has 0 atom stereocenters. The van der Waals surface area contributed by atoms with Crippen LogP contribution in [-0.2, 0) is 4.84 Å². The molecule has 2 N–H and O–H groups in total. The van der Waals surface area contributed by atoms with Crippen LogP contribution >= 0.6 is 0 Å². The Morgan fingerprint density at radius 2 is 2.15 bits per heavy atom. The molecule has 7 nitrogen and oxygen atoms in total. The van der Waals surface area contributed by atoms with Crippen LogP contribution in [0.15, 0.2) is 9.98 Å². The normalized spacial score (nSPS) is 17.6. The lowest BCUT2D eigenvalue weighted by Gasteiger charge is -2.15. The van der Waals surface area contributed by atoms with E-state index in [4.69, 9.17) is 5.73 Å². The van der Waals surface area contributed by atoms with Crippen molar-refractivity contribution in [3.8, 4) is 0 Å². The second kappa shape index (κ2) is 3.94. The van der Waals surface area contributed by atoms with Gasteiger partial charge in [0.15, 0.2) is 0 Å². The van der Waals surface area contributed by atoms with Gasteiger partial charge in [-0.2, -0.15) is 0 Å². The first kappa shape index (κ1) is 9.59. The van der Waals surface area contributed by atoms with Gasteiger partial charge in [-0.15, -0.1) is 10.1 Å². The van der Waals surface area contributed by atoms with E-state index >= 15 is 0 Å². The van der Waals surface area contributed by atoms with Crippen molar-refractivity contribution in [1.29, 1.82) is 0 Å². The predicted molar refractivity (Wildman–Crippen MR) is 46.1 cm³/mol. The molecule has 0 fully saturated rings. The van der Waals surface area contributed by atoms with E-state index in [9.17, 15) is 10.1 Å². The Hall–Kier alpha value is -1.50. The highest BCUT2D eigenvalue weighted by Crippen LogP contribution is 2.14. The Morgan fingerprint density at radius 1 is 1.54 bits per heavy atom. The summed E-state index contributed by atoms with van der Waals surface area (Å²) < 4.78 is 0. The monoisotopic (exact) mass is 186 g/mol. The van der Waals surface area contributed by atoms with E-state index in [1.165, 1.54) is 12.4 Å². The maximum Gasteiger partial charge on any atom is 0.294 e. The number of aliphatic imine (C=N–C) groups is 2. The molecule has 0 aromatic carbocycles. The van der Waals surface area contributed by atoms with Gasteiger partial charge in [-0.3, -0.25) is 5.73 Å². The van der Waals surface area contributed by atoms with E-state index in [0.717, 1.165) is 0 Å². The third-order valence-corrected chi connectivity index (χ3v) is 1.55. The van der Waals surface area contributed by atoms with E-state index in [-0.39, 0.29) is 6.61 Å². The van der Waals surface area contributed by atoms with Gasteiger partial charge in [-0.1, -0.05) is 0 Å². The number of nitrogens with two attached hydrogens (primary N) is 1. The lowest BCUT2D eigenvalue weighted by molar-refractivity contribution is -0.757. The van der Waals surface area contributed by atoms with Crippen molar-refractivity contribution in [2.75, 3.05) is 6.61 Å². The van der Waals surface area contributed by atoms with Gasteiger partial charge < -0.3 is 4.84 Å². The topological polar surface area (TPSA) is 103 Å². The molecule has 1 heterocycles. The van der Waals surface area contributed by atoms with Gasteiger partial charge in [-0.25, -0.2) is 9.98 Å². The molecule has 0 bridgehead atoms. The molecule has 72 valence electrons. The second-order valence-corrected chi connectivity index (χ2v) is 2.60. The van der Waals surface area contributed by atoms with E-state index in [1.54, 1.807) is 0 Å². The van der Waals surface area contributed by atoms with Crippen LogP contribution < -0.4 is 5.73 Å². The van der Waals surface area contributed by atoms with Crippen LogP contribution in [0.1, 0.15) is 12.8 Å². The first-order valence-corrected chi connectivity index (χ1v) is 3.78. The fourth-order valence-corrected chi connectivity index (χ4v) is 0.959. The van der Waals surface area contributed by atoms with Crippen LogP contribution in [0.25, 0.3) is 0 Å². The molecule has 0 aromatic heterocycles. The average Bonchev–Trinajstić information content (AvgIpc) is 2.47. The number of hydrogen-bond acceptors (Lipinski definition) is 6. The first-order valence-electron chi connectivity index (χ1n) is 3.78. The Balaban J connectivity index is 2.16. The standard InChI is InChI=1S/C6H10N4O3/c7-6(8-3-4-9-6)2-1-5-13-10(11)12/h3-4H,1-2,5,7H2. The molecule has 1 aliphatic rings. The van der Waals surface area contributed by atoms with Crippen molar-refractivity contribution >= 4 is 12.4 Å². The molecule has 7 heteroatoms. The van der Waals surface area contributed by atoms with E-state index in [2.05, 4.69) is 14.8 Å². The molecule has 0 aliphatic carbocycles. The van der Waals surface area contributed by atoms with E-state index in [1.807, 2.05) is 0 Å². The average molecular weight is 186 g/mol. The van der Waals surface area contributed by atoms with Crippen LogP contribution in [0.4, 0.5) is 0 Å². The maximum atomic E-state index is 9.77. The lowest BCUT2D eigenvalue weighted by Crippen LogP contribution is -2.33. The predicted octanol–water partition coefficient (Wildman–Crippen LogP) is -0.257. The third-order valence-electron chi connectivity index (χ3n) is 1.55. The zero-order valence-corrected chi connectivity index (χ0v) is 6.92. The molecule has 0 aromatic rings. The molecule has 0 spiro atoms. The summed E-state index contributed by atoms with van der Waals surface area (Å²) in [7, 11) is 0. The number of hydrogen-bond donors (Lipinski definition) is 1. The highest BCUT2D eigenvalue weighted by atomic mass is 16.9. The lowest BCUT2D eigenvalue weighted by atomic mass is 10.2. The molecule has 0 saturated heterocycles. The van der Waals surface area contributed by atoms with Crippen LogP contribution in [0.2, 0.25) is 0 Å². The fourth-order valence-electron chi connectivity index (χ4n) is 0.959. The van der Waals surface area contributed by atoms with Crippen molar-refractivity contribution in [2.45, 2.75) is 18.6 Å². The second-order valence-electron chi connectivity index (χ2n) is 2.60. The highest BCUT2D eigenvalue weighted by molar-refractivity contribution is 6.17. The van der Waals surface area contributed by atoms with Crippen molar-refractivity contribution in [3.63, 3.8) is 0 Å². The SMILES string of the molecule is NC1(CCCO[N+](=O)[O-])N=CC=N1. The zero-order valence-electron chi connectivity index (χ0n) is 6.92. The summed E-state index contributed by atoms with van der Waals surface area (Å²) in [4.78, 5) is 21.7. The summed E-state index contributed by atoms with van der Waals surface area (Å²) in [6.07, 6.45) is 3.91. The van der Waals surface area contributed by atoms with E-state index < -0.39 is 10.9 Å². The van der Waals surface area contributed by atoms with Crippen LogP contribution in [0.3, 0.4) is 0 Å². The summed E-state index contributed by atoms with van der Waals surface area (Å²) >= 11 is 0. The summed E-state index contributed by atoms with van der Waals surface area (Å²) in [5, 5.41) is 8.94. The molecular weight excluding hydrogens is 176 g/mol. The minimum absolute atomic E-state index is 0.0248. The summed E-state index contributed by atoms with van der Waals surface area (Å²) in [5.74, 6) is -0.931. The smallest absolute Gasteiger partial charge is 0.294 e. The van der Waals surface area contributed by atoms with Crippen LogP contribution in [0.5, 0.6) is 0 Å². The first-order chi connectivity index (χ1) is 6.12. The van der Waals surface area contributed by atoms with Crippen LogP contribution in [-0.4, -0.2) is 29.9 Å². The Kier molecular flexibility index (Phi) is 2.91. The van der Waals surface area contributed by atoms with E-state index in [0.29, 0.717) is 12.8 Å². The molecular formula is C6H10N4O3. The molecule has 13 heavy (non-hydrogen) atoms. The van der Waals surface area contributed by atoms with Gasteiger partial charge in [0.1, 0.15) is 0 Å². The van der Waals surface area contributed by atoms with Crippen LogP contribution in [0, 0.1) is 10.1 Å². The molecule has 0 saturated carbocycles. The van der Waals surface area contributed by atoms with Gasteiger partial charge in [0.2, 0.25) is 5.79 Å². The summed E-state index contributed by atoms with van der Waals surface area (Å²) in [6.45, 7) is 0.0248. The zero-order chi connectivity index (χ0) is 9.73. The minimum Gasteiger partial charge on any atom is -0.314 e. The Bertz CT molecular complexity index is 238. The highest BCUT2D eigenvalue weighted by Gasteiger charge is 2.22. The van der Waals surface area contributed by atoms with Crippen molar-refractivity contribution in [3.05, 3.63) is 10.1 Å². The quantitative estimate of drug-likeness (QED) is 0.363. The molecule has 0 unspecified atom stereocenters. The number of rotatable bonds is 5. The fraction of sp³-hybridized carbons (Fsp3) is 0.667. The van der Waals surface area contributed by atoms with Crippen molar-refractivity contribution in [2.24, 2.45) is 15.7 Å². The van der Waals surface area contributed by atoms with Gasteiger partial charge in [0, 0.05) is 18.9 Å². The van der Waals surface area contributed by atoms with Gasteiger partial charge >= 0.3 is 0 Å². The summed E-state index contributed by atoms with van der Waals surface area (Å²) in [5.41, 5.74) is 5.65. The number of nitrogens with zero attached hydrogens (tertiary/aromatic N) is 3. The van der Waals surface area contributed by atoms with Gasteiger partial charge in [-0.05, 0) is 6.42 Å². The largest absolute Gasteiger partial charge is 0.314 e. The summed E-state index contributed by atoms with van der Waals surface area (Å²) in [6, 6.07) is 0. The molecule has 0 radical (unpaired) electrons. The van der Waals surface area contributed by atoms with Gasteiger partial charge in [0.25, 0.3) is 5.09 Å².